The number of hydrogen-bond donors (Lipinski definition) is 2. The van der Waals surface area contributed by atoms with Crippen molar-refractivity contribution >= 4 is 16.8 Å². The molecule has 4 heteroatoms. The Morgan fingerprint density at radius 2 is 1.72 bits per heavy atom. The number of fused-ring (bicyclic) bond motifs is 1. The highest BCUT2D eigenvalue weighted by atomic mass is 16.5. The second-order valence-electron chi connectivity index (χ2n) is 7.14. The minimum atomic E-state index is -0.0542. The van der Waals surface area contributed by atoms with E-state index in [9.17, 15) is 4.79 Å². The standard InChI is InChI=1S/C25H24N2O2/c1-17-7-3-4-8-20(17)25(28)27-15-22(18-11-13-19(29-2)14-12-18)23-16-26-24-10-6-5-9-21(23)24/h3-14,16,22,26H,15H2,1-2H3,(H,27,28). The summed E-state index contributed by atoms with van der Waals surface area (Å²) in [7, 11) is 1.66. The van der Waals surface area contributed by atoms with E-state index in [1.165, 1.54) is 5.39 Å². The number of amides is 1. The van der Waals surface area contributed by atoms with Crippen LogP contribution in [0, 0.1) is 6.92 Å². The highest BCUT2D eigenvalue weighted by molar-refractivity contribution is 5.95. The van der Waals surface area contributed by atoms with Gasteiger partial charge in [-0.25, -0.2) is 0 Å². The van der Waals surface area contributed by atoms with Crippen LogP contribution in [0.25, 0.3) is 10.9 Å². The minimum absolute atomic E-state index is 0.0185. The smallest absolute Gasteiger partial charge is 0.251 e. The minimum Gasteiger partial charge on any atom is -0.497 e. The maximum Gasteiger partial charge on any atom is 0.251 e. The molecule has 1 aromatic heterocycles. The Labute approximate surface area is 170 Å². The Morgan fingerprint density at radius 1 is 1.00 bits per heavy atom. The van der Waals surface area contributed by atoms with Crippen molar-refractivity contribution in [1.82, 2.24) is 10.3 Å². The molecule has 4 aromatic rings. The average molecular weight is 384 g/mol. The van der Waals surface area contributed by atoms with Gasteiger partial charge in [0.05, 0.1) is 7.11 Å². The Morgan fingerprint density at radius 3 is 2.48 bits per heavy atom. The summed E-state index contributed by atoms with van der Waals surface area (Å²) < 4.78 is 5.30. The van der Waals surface area contributed by atoms with E-state index in [4.69, 9.17) is 4.74 Å². The molecule has 0 saturated heterocycles. The quantitative estimate of drug-likeness (QED) is 0.489. The van der Waals surface area contributed by atoms with Crippen LogP contribution in [0.2, 0.25) is 0 Å². The van der Waals surface area contributed by atoms with Gasteiger partial charge in [0.2, 0.25) is 0 Å². The van der Waals surface area contributed by atoms with E-state index in [1.54, 1.807) is 7.11 Å². The molecule has 3 aromatic carbocycles. The van der Waals surface area contributed by atoms with E-state index >= 15 is 0 Å². The van der Waals surface area contributed by atoms with Crippen molar-refractivity contribution < 1.29 is 9.53 Å². The first-order valence-corrected chi connectivity index (χ1v) is 9.71. The van der Waals surface area contributed by atoms with Gasteiger partial charge in [-0.2, -0.15) is 0 Å². The molecule has 0 aliphatic heterocycles. The number of carbonyl (C=O) groups is 1. The summed E-state index contributed by atoms with van der Waals surface area (Å²) in [4.78, 5) is 16.1. The van der Waals surface area contributed by atoms with Gasteiger partial charge < -0.3 is 15.0 Å². The number of ether oxygens (including phenoxy) is 1. The van der Waals surface area contributed by atoms with Gasteiger partial charge in [-0.05, 0) is 47.9 Å². The average Bonchev–Trinajstić information content (AvgIpc) is 3.18. The van der Waals surface area contributed by atoms with Crippen molar-refractivity contribution in [3.63, 3.8) is 0 Å². The second-order valence-corrected chi connectivity index (χ2v) is 7.14. The topological polar surface area (TPSA) is 54.1 Å². The first-order chi connectivity index (χ1) is 14.2. The summed E-state index contributed by atoms with van der Waals surface area (Å²) in [6.07, 6.45) is 2.04. The van der Waals surface area contributed by atoms with E-state index in [2.05, 4.69) is 34.6 Å². The van der Waals surface area contributed by atoms with Crippen molar-refractivity contribution in [1.29, 1.82) is 0 Å². The Balaban J connectivity index is 1.66. The zero-order chi connectivity index (χ0) is 20.2. The number of nitrogens with one attached hydrogen (secondary N) is 2. The zero-order valence-electron chi connectivity index (χ0n) is 16.6. The van der Waals surface area contributed by atoms with Gasteiger partial charge in [0.25, 0.3) is 5.91 Å². The number of benzene rings is 3. The van der Waals surface area contributed by atoms with Crippen molar-refractivity contribution in [3.8, 4) is 5.75 Å². The van der Waals surface area contributed by atoms with Crippen LogP contribution in [-0.2, 0) is 0 Å². The first-order valence-electron chi connectivity index (χ1n) is 9.71. The lowest BCUT2D eigenvalue weighted by Gasteiger charge is -2.19. The number of carbonyl (C=O) groups excluding carboxylic acids is 1. The molecule has 4 rings (SSSR count). The Kier molecular flexibility index (Phi) is 5.34. The second kappa shape index (κ2) is 8.23. The Hall–Kier alpha value is -3.53. The fraction of sp³-hybridized carbons (Fsp3) is 0.160. The van der Waals surface area contributed by atoms with Gasteiger partial charge in [-0.3, -0.25) is 4.79 Å². The van der Waals surface area contributed by atoms with Gasteiger partial charge in [0.1, 0.15) is 5.75 Å². The predicted molar refractivity (Wildman–Crippen MR) is 117 cm³/mol. The number of rotatable bonds is 6. The van der Waals surface area contributed by atoms with E-state index in [-0.39, 0.29) is 11.8 Å². The molecule has 2 N–H and O–H groups in total. The molecule has 0 aliphatic carbocycles. The van der Waals surface area contributed by atoms with Crippen LogP contribution < -0.4 is 10.1 Å². The van der Waals surface area contributed by atoms with E-state index < -0.39 is 0 Å². The normalized spacial score (nSPS) is 11.9. The largest absolute Gasteiger partial charge is 0.497 e. The summed E-state index contributed by atoms with van der Waals surface area (Å²) in [5, 5.41) is 4.30. The number of aromatic nitrogens is 1. The summed E-state index contributed by atoms with van der Waals surface area (Å²) >= 11 is 0. The molecule has 29 heavy (non-hydrogen) atoms. The molecule has 146 valence electrons. The van der Waals surface area contributed by atoms with Crippen molar-refractivity contribution in [3.05, 3.63) is 101 Å². The number of hydrogen-bond acceptors (Lipinski definition) is 2. The van der Waals surface area contributed by atoms with Gasteiger partial charge in [-0.1, -0.05) is 48.5 Å². The number of H-pyrrole nitrogens is 1. The monoisotopic (exact) mass is 384 g/mol. The van der Waals surface area contributed by atoms with Gasteiger partial charge in [0, 0.05) is 35.1 Å². The van der Waals surface area contributed by atoms with Gasteiger partial charge >= 0.3 is 0 Å². The predicted octanol–water partition coefficient (Wildman–Crippen LogP) is 5.05. The highest BCUT2D eigenvalue weighted by Crippen LogP contribution is 2.31. The summed E-state index contributed by atoms with van der Waals surface area (Å²) in [5.41, 5.74) is 5.06. The fourth-order valence-electron chi connectivity index (χ4n) is 3.74. The van der Waals surface area contributed by atoms with Crippen LogP contribution in [0.4, 0.5) is 0 Å². The third-order valence-corrected chi connectivity index (χ3v) is 5.37. The lowest BCUT2D eigenvalue weighted by molar-refractivity contribution is 0.0952. The van der Waals surface area contributed by atoms with Crippen LogP contribution in [0.5, 0.6) is 5.75 Å². The highest BCUT2D eigenvalue weighted by Gasteiger charge is 2.20. The summed E-state index contributed by atoms with van der Waals surface area (Å²) in [6, 6.07) is 23.9. The third kappa shape index (κ3) is 3.87. The number of aryl methyl sites for hydroxylation is 1. The van der Waals surface area contributed by atoms with Crippen LogP contribution in [0.1, 0.15) is 33.0 Å². The lowest BCUT2D eigenvalue weighted by Crippen LogP contribution is -2.29. The molecule has 0 aliphatic rings. The molecule has 1 amide bonds. The maximum absolute atomic E-state index is 12.8. The van der Waals surface area contributed by atoms with Crippen LogP contribution in [-0.4, -0.2) is 24.5 Å². The van der Waals surface area contributed by atoms with E-state index in [0.717, 1.165) is 28.0 Å². The lowest BCUT2D eigenvalue weighted by atomic mass is 9.90. The number of para-hydroxylation sites is 1. The number of aromatic amines is 1. The molecule has 0 saturated carbocycles. The summed E-state index contributed by atoms with van der Waals surface area (Å²) in [6.45, 7) is 2.46. The third-order valence-electron chi connectivity index (χ3n) is 5.37. The number of methoxy groups -OCH3 is 1. The molecular formula is C25H24N2O2. The Bertz CT molecular complexity index is 1130. The zero-order valence-corrected chi connectivity index (χ0v) is 16.6. The molecule has 0 spiro atoms. The molecule has 1 unspecified atom stereocenters. The molecule has 1 atom stereocenters. The fourth-order valence-corrected chi connectivity index (χ4v) is 3.74. The molecule has 0 radical (unpaired) electrons. The molecular weight excluding hydrogens is 360 g/mol. The molecule has 4 nitrogen and oxygen atoms in total. The SMILES string of the molecule is COc1ccc(C(CNC(=O)c2ccccc2C)c2c[nH]c3ccccc23)cc1. The van der Waals surface area contributed by atoms with Gasteiger partial charge in [0.15, 0.2) is 0 Å². The maximum atomic E-state index is 12.8. The molecule has 0 bridgehead atoms. The van der Waals surface area contributed by atoms with Gasteiger partial charge in [-0.15, -0.1) is 0 Å². The first kappa shape index (κ1) is 18.8. The van der Waals surface area contributed by atoms with Crippen LogP contribution in [0.3, 0.4) is 0 Å². The van der Waals surface area contributed by atoms with E-state index in [1.807, 2.05) is 61.7 Å². The van der Waals surface area contributed by atoms with E-state index in [0.29, 0.717) is 12.1 Å². The molecule has 0 fully saturated rings. The van der Waals surface area contributed by atoms with Crippen molar-refractivity contribution in [2.75, 3.05) is 13.7 Å². The van der Waals surface area contributed by atoms with Crippen molar-refractivity contribution in [2.24, 2.45) is 0 Å². The molecule has 1 heterocycles. The van der Waals surface area contributed by atoms with Crippen LogP contribution in [0.15, 0.2) is 79.0 Å². The van der Waals surface area contributed by atoms with Crippen molar-refractivity contribution in [2.45, 2.75) is 12.8 Å². The van der Waals surface area contributed by atoms with Crippen LogP contribution >= 0.6 is 0 Å². The summed E-state index contributed by atoms with van der Waals surface area (Å²) in [5.74, 6) is 0.779.